The van der Waals surface area contributed by atoms with Gasteiger partial charge in [-0.3, -0.25) is 15.1 Å². The van der Waals surface area contributed by atoms with Gasteiger partial charge in [0.05, 0.1) is 34.7 Å². The van der Waals surface area contributed by atoms with Crippen LogP contribution in [0.25, 0.3) is 5.69 Å². The second kappa shape index (κ2) is 12.7. The first-order valence-electron chi connectivity index (χ1n) is 13.3. The molecular formula is C31H32F3N5O4. The van der Waals surface area contributed by atoms with E-state index in [2.05, 4.69) is 20.7 Å². The second-order valence-electron chi connectivity index (χ2n) is 10.9. The third-order valence-electron chi connectivity index (χ3n) is 6.25. The Bertz CT molecular complexity index is 1610. The maximum Gasteiger partial charge on any atom is 0.418 e. The van der Waals surface area contributed by atoms with Crippen LogP contribution in [-0.4, -0.2) is 40.3 Å². The van der Waals surface area contributed by atoms with Gasteiger partial charge in [0, 0.05) is 30.9 Å². The summed E-state index contributed by atoms with van der Waals surface area (Å²) >= 11 is 0. The number of hydrogen-bond donors (Lipinski definition) is 2. The summed E-state index contributed by atoms with van der Waals surface area (Å²) in [5, 5.41) is 9.58. The lowest BCUT2D eigenvalue weighted by molar-refractivity contribution is -0.137. The fraction of sp³-hybridized carbons (Fsp3) is 0.290. The molecule has 4 aromatic rings. The van der Waals surface area contributed by atoms with Crippen molar-refractivity contribution >= 4 is 23.3 Å². The number of ether oxygens (including phenoxy) is 2. The van der Waals surface area contributed by atoms with Gasteiger partial charge in [0.15, 0.2) is 5.78 Å². The van der Waals surface area contributed by atoms with Crippen molar-refractivity contribution in [3.05, 3.63) is 89.4 Å². The van der Waals surface area contributed by atoms with E-state index in [0.717, 1.165) is 17.7 Å². The number of amides is 2. The second-order valence-corrected chi connectivity index (χ2v) is 10.9. The summed E-state index contributed by atoms with van der Waals surface area (Å²) in [6.45, 7) is 7.74. The highest BCUT2D eigenvalue weighted by Gasteiger charge is 2.35. The zero-order valence-corrected chi connectivity index (χ0v) is 24.4. The van der Waals surface area contributed by atoms with Crippen LogP contribution in [0.2, 0.25) is 0 Å². The molecule has 43 heavy (non-hydrogen) atoms. The van der Waals surface area contributed by atoms with Gasteiger partial charge in [0.1, 0.15) is 23.9 Å². The first kappa shape index (κ1) is 31.2. The maximum atomic E-state index is 14.1. The van der Waals surface area contributed by atoms with Gasteiger partial charge in [0.25, 0.3) is 0 Å². The molecule has 0 aliphatic heterocycles. The third kappa shape index (κ3) is 8.19. The molecule has 2 heterocycles. The van der Waals surface area contributed by atoms with Crippen molar-refractivity contribution in [2.24, 2.45) is 0 Å². The van der Waals surface area contributed by atoms with Gasteiger partial charge in [-0.05, 0) is 43.3 Å². The van der Waals surface area contributed by atoms with Gasteiger partial charge < -0.3 is 14.8 Å². The number of methoxy groups -OCH3 is 1. The number of Topliss-reactive ketones (excluding diaryl/α,β-unsaturated/α-hetero) is 1. The topological polar surface area (TPSA) is 107 Å². The average Bonchev–Trinajstić information content (AvgIpc) is 3.34. The number of hydrogen-bond acceptors (Lipinski definition) is 6. The van der Waals surface area contributed by atoms with Gasteiger partial charge in [-0.1, -0.05) is 38.5 Å². The Labute approximate surface area is 247 Å². The molecule has 12 heteroatoms. The number of nitrogens with zero attached hydrogens (tertiary/aromatic N) is 3. The Balaban J connectivity index is 1.56. The van der Waals surface area contributed by atoms with E-state index >= 15 is 0 Å². The van der Waals surface area contributed by atoms with E-state index < -0.39 is 23.5 Å². The minimum absolute atomic E-state index is 0.0170. The molecule has 0 aliphatic rings. The number of benzene rings is 2. The van der Waals surface area contributed by atoms with Crippen LogP contribution >= 0.6 is 0 Å². The van der Waals surface area contributed by atoms with Crippen LogP contribution in [0.5, 0.6) is 11.5 Å². The number of ketones is 1. The first-order valence-corrected chi connectivity index (χ1v) is 13.3. The van der Waals surface area contributed by atoms with E-state index in [1.54, 1.807) is 6.07 Å². The molecular weight excluding hydrogens is 563 g/mol. The molecule has 0 bridgehead atoms. The minimum atomic E-state index is -4.80. The van der Waals surface area contributed by atoms with E-state index in [4.69, 9.17) is 9.47 Å². The average molecular weight is 596 g/mol. The van der Waals surface area contributed by atoms with Crippen LogP contribution in [0, 0.1) is 6.92 Å². The lowest BCUT2D eigenvalue weighted by Crippen LogP contribution is -2.23. The maximum absolute atomic E-state index is 14.1. The van der Waals surface area contributed by atoms with Crippen molar-refractivity contribution in [1.29, 1.82) is 0 Å². The highest BCUT2D eigenvalue weighted by Crippen LogP contribution is 2.38. The van der Waals surface area contributed by atoms with E-state index in [0.29, 0.717) is 17.1 Å². The lowest BCUT2D eigenvalue weighted by atomic mass is 9.92. The Morgan fingerprint density at radius 3 is 2.28 bits per heavy atom. The van der Waals surface area contributed by atoms with Crippen LogP contribution < -0.4 is 15.4 Å². The van der Waals surface area contributed by atoms with Crippen LogP contribution in [0.4, 0.5) is 29.5 Å². The number of aromatic nitrogens is 3. The Kier molecular flexibility index (Phi) is 9.19. The molecule has 0 saturated carbocycles. The molecule has 2 amide bonds. The molecule has 0 unspecified atom stereocenters. The highest BCUT2D eigenvalue weighted by molar-refractivity contribution is 6.00. The number of carbonyl (C=O) groups is 2. The van der Waals surface area contributed by atoms with Gasteiger partial charge >= 0.3 is 12.2 Å². The quantitative estimate of drug-likeness (QED) is 0.214. The number of carbonyl (C=O) groups excluding carboxylic acids is 2. The van der Waals surface area contributed by atoms with Crippen molar-refractivity contribution in [3.8, 4) is 17.2 Å². The molecule has 0 spiro atoms. The fourth-order valence-electron chi connectivity index (χ4n) is 4.09. The number of alkyl halides is 3. The van der Waals surface area contributed by atoms with Gasteiger partial charge in [-0.15, -0.1) is 0 Å². The van der Waals surface area contributed by atoms with Gasteiger partial charge in [0.2, 0.25) is 0 Å². The van der Waals surface area contributed by atoms with E-state index in [1.165, 1.54) is 36.2 Å². The summed E-state index contributed by atoms with van der Waals surface area (Å²) in [5.41, 5.74) is 0.858. The van der Waals surface area contributed by atoms with Crippen LogP contribution in [0.3, 0.4) is 0 Å². The number of urea groups is 1. The standard InChI is InChI=1S/C31H32F3N5O4/c1-19-6-8-21(9-7-19)39-28(17-27(38-39)30(2,3)4)37-29(41)36-26-11-10-23(16-25(26)31(32,33)34)43-24-12-13-35-20(15-24)14-22(40)18-42-5/h6-13,15-17H,14,18H2,1-5H3,(H2,36,37,41). The van der Waals surface area contributed by atoms with Crippen LogP contribution in [0.1, 0.15) is 43.3 Å². The Morgan fingerprint density at radius 1 is 0.930 bits per heavy atom. The molecule has 0 fully saturated rings. The summed E-state index contributed by atoms with van der Waals surface area (Å²) in [6.07, 6.45) is -3.43. The number of rotatable bonds is 9. The molecule has 2 aromatic carbocycles. The monoisotopic (exact) mass is 595 g/mol. The summed E-state index contributed by atoms with van der Waals surface area (Å²) in [6, 6.07) is 14.4. The molecule has 9 nitrogen and oxygen atoms in total. The molecule has 0 radical (unpaired) electrons. The number of anilines is 2. The fourth-order valence-corrected chi connectivity index (χ4v) is 4.09. The Hall–Kier alpha value is -4.71. The van der Waals surface area contributed by atoms with Crippen LogP contribution in [-0.2, 0) is 27.5 Å². The van der Waals surface area contributed by atoms with E-state index in [1.807, 2.05) is 52.0 Å². The molecule has 4 rings (SSSR count). The van der Waals surface area contributed by atoms with Crippen LogP contribution in [0.15, 0.2) is 66.9 Å². The molecule has 0 aliphatic carbocycles. The van der Waals surface area contributed by atoms with E-state index in [-0.39, 0.29) is 41.5 Å². The van der Waals surface area contributed by atoms with E-state index in [9.17, 15) is 22.8 Å². The minimum Gasteiger partial charge on any atom is -0.457 e. The van der Waals surface area contributed by atoms with Crippen molar-refractivity contribution in [2.45, 2.75) is 45.7 Å². The predicted octanol–water partition coefficient (Wildman–Crippen LogP) is 7.09. The number of nitrogens with one attached hydrogen (secondary N) is 2. The third-order valence-corrected chi connectivity index (χ3v) is 6.25. The zero-order chi connectivity index (χ0) is 31.4. The summed E-state index contributed by atoms with van der Waals surface area (Å²) in [4.78, 5) is 28.9. The van der Waals surface area contributed by atoms with Crippen molar-refractivity contribution in [2.75, 3.05) is 24.4 Å². The molecule has 0 atom stereocenters. The molecule has 2 N–H and O–H groups in total. The number of halogens is 3. The van der Waals surface area contributed by atoms with Crippen molar-refractivity contribution in [3.63, 3.8) is 0 Å². The Morgan fingerprint density at radius 2 is 1.63 bits per heavy atom. The summed E-state index contributed by atoms with van der Waals surface area (Å²) in [5.74, 6) is 0.153. The lowest BCUT2D eigenvalue weighted by Gasteiger charge is -2.16. The summed E-state index contributed by atoms with van der Waals surface area (Å²) < 4.78 is 54.2. The number of aryl methyl sites for hydroxylation is 1. The van der Waals surface area contributed by atoms with Crippen molar-refractivity contribution in [1.82, 2.24) is 14.8 Å². The molecule has 0 saturated heterocycles. The SMILES string of the molecule is COCC(=O)Cc1cc(Oc2ccc(NC(=O)Nc3cc(C(C)(C)C)nn3-c3ccc(C)cc3)c(C(F)(F)F)c2)ccn1. The summed E-state index contributed by atoms with van der Waals surface area (Å²) in [7, 11) is 1.40. The van der Waals surface area contributed by atoms with Gasteiger partial charge in [-0.2, -0.15) is 18.3 Å². The molecule has 226 valence electrons. The molecule has 2 aromatic heterocycles. The van der Waals surface area contributed by atoms with Gasteiger partial charge in [-0.25, -0.2) is 9.48 Å². The predicted molar refractivity (Wildman–Crippen MR) is 156 cm³/mol. The zero-order valence-electron chi connectivity index (χ0n) is 24.4. The normalized spacial score (nSPS) is 11.7. The smallest absolute Gasteiger partial charge is 0.418 e. The highest BCUT2D eigenvalue weighted by atomic mass is 19.4. The number of pyridine rings is 1. The van der Waals surface area contributed by atoms with Crippen molar-refractivity contribution < 1.29 is 32.2 Å². The largest absolute Gasteiger partial charge is 0.457 e. The first-order chi connectivity index (χ1) is 20.2.